The van der Waals surface area contributed by atoms with Crippen molar-refractivity contribution < 1.29 is 0 Å². The lowest BCUT2D eigenvalue weighted by Gasteiger charge is -2.29. The van der Waals surface area contributed by atoms with Crippen LogP contribution in [0.4, 0.5) is 0 Å². The summed E-state index contributed by atoms with van der Waals surface area (Å²) in [6.07, 6.45) is 5.61. The van der Waals surface area contributed by atoms with Gasteiger partial charge in [0.1, 0.15) is 0 Å². The molecule has 0 aliphatic carbocycles. The SMILES string of the molecule is CC=CC(C)(C)C(C)Cc1ccc(C(C)(C)c2ccc(C)cc2)cc1. The van der Waals surface area contributed by atoms with Crippen molar-refractivity contribution in [2.24, 2.45) is 11.3 Å². The molecule has 0 saturated carbocycles. The van der Waals surface area contributed by atoms with E-state index >= 15 is 0 Å². The maximum absolute atomic E-state index is 2.35. The van der Waals surface area contributed by atoms with Gasteiger partial charge in [-0.3, -0.25) is 0 Å². The van der Waals surface area contributed by atoms with E-state index in [0.29, 0.717) is 5.92 Å². The standard InChI is InChI=1S/C25H34/c1-8-17-24(4,5)20(3)18-21-11-15-23(16-12-21)25(6,7)22-13-9-19(2)10-14-22/h8-17,20H,18H2,1-7H3. The van der Waals surface area contributed by atoms with E-state index in [2.05, 4.69) is 109 Å². The van der Waals surface area contributed by atoms with Gasteiger partial charge in [-0.15, -0.1) is 0 Å². The lowest BCUT2D eigenvalue weighted by molar-refractivity contribution is 0.305. The first-order chi connectivity index (χ1) is 11.7. The van der Waals surface area contributed by atoms with Crippen molar-refractivity contribution in [3.8, 4) is 0 Å². The molecule has 0 aromatic heterocycles. The van der Waals surface area contributed by atoms with Crippen LogP contribution in [-0.4, -0.2) is 0 Å². The van der Waals surface area contributed by atoms with Gasteiger partial charge in [-0.2, -0.15) is 0 Å². The lowest BCUT2D eigenvalue weighted by Crippen LogP contribution is -2.21. The number of rotatable bonds is 6. The van der Waals surface area contributed by atoms with Gasteiger partial charge in [0.15, 0.2) is 0 Å². The van der Waals surface area contributed by atoms with Gasteiger partial charge in [0.05, 0.1) is 0 Å². The molecule has 0 amide bonds. The number of hydrogen-bond acceptors (Lipinski definition) is 0. The van der Waals surface area contributed by atoms with E-state index in [0.717, 1.165) is 6.42 Å². The summed E-state index contributed by atoms with van der Waals surface area (Å²) in [7, 11) is 0. The average Bonchev–Trinajstić information content (AvgIpc) is 2.55. The van der Waals surface area contributed by atoms with Crippen LogP contribution in [0.5, 0.6) is 0 Å². The van der Waals surface area contributed by atoms with Crippen LogP contribution in [0.3, 0.4) is 0 Å². The fourth-order valence-electron chi connectivity index (χ4n) is 3.40. The van der Waals surface area contributed by atoms with E-state index < -0.39 is 0 Å². The molecule has 0 spiro atoms. The number of benzene rings is 2. The lowest BCUT2D eigenvalue weighted by atomic mass is 9.75. The van der Waals surface area contributed by atoms with Crippen LogP contribution in [0.1, 0.15) is 63.8 Å². The molecule has 1 atom stereocenters. The van der Waals surface area contributed by atoms with E-state index in [4.69, 9.17) is 0 Å². The van der Waals surface area contributed by atoms with Crippen LogP contribution in [0.2, 0.25) is 0 Å². The Balaban J connectivity index is 2.17. The molecule has 25 heavy (non-hydrogen) atoms. The minimum absolute atomic E-state index is 0.0298. The molecule has 0 saturated heterocycles. The van der Waals surface area contributed by atoms with Crippen LogP contribution in [0.25, 0.3) is 0 Å². The van der Waals surface area contributed by atoms with Gasteiger partial charge >= 0.3 is 0 Å². The zero-order valence-electron chi connectivity index (χ0n) is 17.1. The molecule has 0 heteroatoms. The predicted octanol–water partition coefficient (Wildman–Crippen LogP) is 7.10. The zero-order chi connectivity index (χ0) is 18.7. The van der Waals surface area contributed by atoms with Crippen LogP contribution in [0.15, 0.2) is 60.7 Å². The van der Waals surface area contributed by atoms with Crippen LogP contribution >= 0.6 is 0 Å². The van der Waals surface area contributed by atoms with Crippen molar-refractivity contribution in [3.63, 3.8) is 0 Å². The van der Waals surface area contributed by atoms with Crippen molar-refractivity contribution >= 4 is 0 Å². The summed E-state index contributed by atoms with van der Waals surface area (Å²) in [5, 5.41) is 0. The second-order valence-electron chi connectivity index (χ2n) is 8.61. The number of allylic oxidation sites excluding steroid dienone is 2. The van der Waals surface area contributed by atoms with Crippen molar-refractivity contribution in [1.29, 1.82) is 0 Å². The Labute approximate surface area is 155 Å². The molecular weight excluding hydrogens is 300 g/mol. The molecule has 0 bridgehead atoms. The molecule has 0 aliphatic heterocycles. The van der Waals surface area contributed by atoms with Gasteiger partial charge in [0, 0.05) is 5.41 Å². The zero-order valence-corrected chi connectivity index (χ0v) is 17.1. The van der Waals surface area contributed by atoms with E-state index in [9.17, 15) is 0 Å². The predicted molar refractivity (Wildman–Crippen MR) is 111 cm³/mol. The molecule has 0 radical (unpaired) electrons. The van der Waals surface area contributed by atoms with Crippen LogP contribution in [-0.2, 0) is 11.8 Å². The second kappa shape index (κ2) is 7.60. The third-order valence-corrected chi connectivity index (χ3v) is 5.86. The summed E-state index contributed by atoms with van der Waals surface area (Å²) in [6.45, 7) is 15.9. The van der Waals surface area contributed by atoms with Gasteiger partial charge in [-0.05, 0) is 48.3 Å². The normalized spacial score (nSPS) is 14.0. The van der Waals surface area contributed by atoms with Crippen molar-refractivity contribution in [3.05, 3.63) is 82.9 Å². The number of hydrogen-bond donors (Lipinski definition) is 0. The third-order valence-electron chi connectivity index (χ3n) is 5.86. The smallest absolute Gasteiger partial charge is 0.0146 e. The highest BCUT2D eigenvalue weighted by molar-refractivity contribution is 5.39. The average molecular weight is 335 g/mol. The second-order valence-corrected chi connectivity index (χ2v) is 8.61. The Morgan fingerprint density at radius 2 is 1.32 bits per heavy atom. The number of aryl methyl sites for hydroxylation is 1. The maximum atomic E-state index is 2.35. The van der Waals surface area contributed by atoms with Gasteiger partial charge in [0.25, 0.3) is 0 Å². The molecule has 0 fully saturated rings. The van der Waals surface area contributed by atoms with E-state index in [-0.39, 0.29) is 10.8 Å². The molecule has 0 nitrogen and oxygen atoms in total. The topological polar surface area (TPSA) is 0 Å². The maximum Gasteiger partial charge on any atom is 0.0146 e. The summed E-state index contributed by atoms with van der Waals surface area (Å²) in [5.74, 6) is 0.611. The first kappa shape index (κ1) is 19.5. The first-order valence-electron chi connectivity index (χ1n) is 9.47. The molecule has 0 heterocycles. The van der Waals surface area contributed by atoms with E-state index in [1.165, 1.54) is 22.3 Å². The highest BCUT2D eigenvalue weighted by Crippen LogP contribution is 2.34. The molecule has 2 aromatic rings. The largest absolute Gasteiger partial charge is 0.0911 e. The molecule has 2 aromatic carbocycles. The minimum atomic E-state index is 0.0298. The summed E-state index contributed by atoms with van der Waals surface area (Å²) < 4.78 is 0. The third kappa shape index (κ3) is 4.63. The molecule has 0 aliphatic rings. The molecular formula is C25H34. The Morgan fingerprint density at radius 3 is 1.80 bits per heavy atom. The van der Waals surface area contributed by atoms with Gasteiger partial charge in [-0.1, -0.05) is 101 Å². The highest BCUT2D eigenvalue weighted by atomic mass is 14.3. The van der Waals surface area contributed by atoms with Crippen LogP contribution < -0.4 is 0 Å². The van der Waals surface area contributed by atoms with Crippen molar-refractivity contribution in [2.45, 2.75) is 60.3 Å². The molecule has 0 N–H and O–H groups in total. The minimum Gasteiger partial charge on any atom is -0.0911 e. The highest BCUT2D eigenvalue weighted by Gasteiger charge is 2.24. The summed E-state index contributed by atoms with van der Waals surface area (Å²) in [6, 6.07) is 18.2. The molecule has 1 unspecified atom stereocenters. The molecule has 2 rings (SSSR count). The fourth-order valence-corrected chi connectivity index (χ4v) is 3.40. The summed E-state index contributed by atoms with van der Waals surface area (Å²) >= 11 is 0. The van der Waals surface area contributed by atoms with Crippen LogP contribution in [0, 0.1) is 18.3 Å². The Kier molecular flexibility index (Phi) is 5.93. The summed E-state index contributed by atoms with van der Waals surface area (Å²) in [5.41, 5.74) is 5.74. The van der Waals surface area contributed by atoms with Crippen molar-refractivity contribution in [2.75, 3.05) is 0 Å². The van der Waals surface area contributed by atoms with Gasteiger partial charge in [0.2, 0.25) is 0 Å². The monoisotopic (exact) mass is 334 g/mol. The Morgan fingerprint density at radius 1 is 0.840 bits per heavy atom. The molecule has 134 valence electrons. The van der Waals surface area contributed by atoms with E-state index in [1.54, 1.807) is 0 Å². The fraction of sp³-hybridized carbons (Fsp3) is 0.440. The quantitative estimate of drug-likeness (QED) is 0.494. The van der Waals surface area contributed by atoms with E-state index in [1.807, 2.05) is 0 Å². The Bertz CT molecular complexity index is 697. The van der Waals surface area contributed by atoms with Crippen molar-refractivity contribution in [1.82, 2.24) is 0 Å². The van der Waals surface area contributed by atoms with Gasteiger partial charge < -0.3 is 0 Å². The Hall–Kier alpha value is -1.82. The summed E-state index contributed by atoms with van der Waals surface area (Å²) in [4.78, 5) is 0. The first-order valence-corrected chi connectivity index (χ1v) is 9.47. The van der Waals surface area contributed by atoms with Gasteiger partial charge in [-0.25, -0.2) is 0 Å².